The van der Waals surface area contributed by atoms with Gasteiger partial charge in [-0.15, -0.1) is 0 Å². The van der Waals surface area contributed by atoms with E-state index in [0.29, 0.717) is 5.56 Å². The van der Waals surface area contributed by atoms with Gasteiger partial charge in [-0.1, -0.05) is 37.6 Å². The normalized spacial score (nSPS) is 10.4. The second-order valence-electron chi connectivity index (χ2n) is 3.92. The number of furan rings is 1. The summed E-state index contributed by atoms with van der Waals surface area (Å²) in [4.78, 5) is 10.9. The van der Waals surface area contributed by atoms with Crippen molar-refractivity contribution in [2.45, 2.75) is 19.8 Å². The molecule has 1 N–H and O–H groups in total. The van der Waals surface area contributed by atoms with E-state index < -0.39 is 5.97 Å². The average molecular weight is 230 g/mol. The van der Waals surface area contributed by atoms with Gasteiger partial charge >= 0.3 is 5.97 Å². The second-order valence-corrected chi connectivity index (χ2v) is 3.92. The van der Waals surface area contributed by atoms with Crippen molar-refractivity contribution < 1.29 is 14.3 Å². The van der Waals surface area contributed by atoms with Gasteiger partial charge in [0.25, 0.3) is 0 Å². The third-order valence-electron chi connectivity index (χ3n) is 2.66. The number of aromatic carboxylic acids is 1. The fraction of sp³-hybridized carbons (Fsp3) is 0.214. The second kappa shape index (κ2) is 4.87. The minimum Gasteiger partial charge on any atom is -0.475 e. The Labute approximate surface area is 99.7 Å². The van der Waals surface area contributed by atoms with E-state index in [1.165, 1.54) is 11.8 Å². The van der Waals surface area contributed by atoms with Crippen LogP contribution < -0.4 is 0 Å². The van der Waals surface area contributed by atoms with Crippen LogP contribution >= 0.6 is 0 Å². The average Bonchev–Trinajstić information content (AvgIpc) is 2.79. The molecule has 88 valence electrons. The molecule has 0 aliphatic rings. The molecule has 3 heteroatoms. The van der Waals surface area contributed by atoms with Crippen molar-refractivity contribution in [3.63, 3.8) is 0 Å². The molecule has 0 spiro atoms. The van der Waals surface area contributed by atoms with Gasteiger partial charge in [0, 0.05) is 5.56 Å². The molecule has 0 atom stereocenters. The topological polar surface area (TPSA) is 50.4 Å². The summed E-state index contributed by atoms with van der Waals surface area (Å²) in [5.41, 5.74) is 2.76. The zero-order valence-electron chi connectivity index (χ0n) is 9.64. The maximum Gasteiger partial charge on any atom is 0.372 e. The van der Waals surface area contributed by atoms with Gasteiger partial charge in [0.05, 0.1) is 6.26 Å². The smallest absolute Gasteiger partial charge is 0.372 e. The van der Waals surface area contributed by atoms with Crippen molar-refractivity contribution in [2.75, 3.05) is 0 Å². The highest BCUT2D eigenvalue weighted by Crippen LogP contribution is 2.25. The molecule has 0 bridgehead atoms. The zero-order valence-corrected chi connectivity index (χ0v) is 9.64. The van der Waals surface area contributed by atoms with Crippen LogP contribution in [0.4, 0.5) is 0 Å². The molecular formula is C14H14O3. The third-order valence-corrected chi connectivity index (χ3v) is 2.66. The van der Waals surface area contributed by atoms with Gasteiger partial charge in [-0.05, 0) is 23.6 Å². The number of carboxylic acids is 1. The van der Waals surface area contributed by atoms with E-state index in [-0.39, 0.29) is 5.76 Å². The van der Waals surface area contributed by atoms with Gasteiger partial charge in [-0.2, -0.15) is 0 Å². The zero-order chi connectivity index (χ0) is 12.3. The summed E-state index contributed by atoms with van der Waals surface area (Å²) < 4.78 is 4.96. The molecule has 1 heterocycles. The van der Waals surface area contributed by atoms with Crippen LogP contribution in [0.25, 0.3) is 11.1 Å². The van der Waals surface area contributed by atoms with Gasteiger partial charge in [0.1, 0.15) is 0 Å². The number of hydrogen-bond donors (Lipinski definition) is 1. The quantitative estimate of drug-likeness (QED) is 0.873. The molecule has 0 saturated heterocycles. The first-order valence-corrected chi connectivity index (χ1v) is 5.62. The molecule has 2 aromatic rings. The molecule has 3 nitrogen and oxygen atoms in total. The van der Waals surface area contributed by atoms with Crippen LogP contribution in [0.5, 0.6) is 0 Å². The van der Waals surface area contributed by atoms with E-state index >= 15 is 0 Å². The molecule has 0 fully saturated rings. The van der Waals surface area contributed by atoms with Crippen molar-refractivity contribution in [3.8, 4) is 11.1 Å². The summed E-state index contributed by atoms with van der Waals surface area (Å²) >= 11 is 0. The predicted octanol–water partition coefficient (Wildman–Crippen LogP) is 3.60. The summed E-state index contributed by atoms with van der Waals surface area (Å²) in [6.45, 7) is 2.13. The Morgan fingerprint density at radius 3 is 2.53 bits per heavy atom. The Kier molecular flexibility index (Phi) is 3.28. The molecule has 0 radical (unpaired) electrons. The highest BCUT2D eigenvalue weighted by molar-refractivity contribution is 5.93. The fourth-order valence-corrected chi connectivity index (χ4v) is 1.84. The fourth-order valence-electron chi connectivity index (χ4n) is 1.84. The standard InChI is InChI=1S/C14H14O3/c1-2-3-10-4-6-11(7-5-10)12-8-9-17-13(12)14(15)16/h4-9H,2-3H2,1H3,(H,15,16). The van der Waals surface area contributed by atoms with Crippen molar-refractivity contribution in [1.82, 2.24) is 0 Å². The van der Waals surface area contributed by atoms with E-state index in [1.807, 2.05) is 24.3 Å². The summed E-state index contributed by atoms with van der Waals surface area (Å²) in [6, 6.07) is 9.60. The van der Waals surface area contributed by atoms with E-state index in [1.54, 1.807) is 6.07 Å². The Hall–Kier alpha value is -2.03. The molecule has 1 aromatic heterocycles. The van der Waals surface area contributed by atoms with Gasteiger partial charge in [-0.25, -0.2) is 4.79 Å². The van der Waals surface area contributed by atoms with Crippen LogP contribution in [-0.2, 0) is 6.42 Å². The maximum absolute atomic E-state index is 10.9. The summed E-state index contributed by atoms with van der Waals surface area (Å²) in [5.74, 6) is -1.05. The third kappa shape index (κ3) is 2.38. The van der Waals surface area contributed by atoms with Crippen LogP contribution in [0.2, 0.25) is 0 Å². The number of benzene rings is 1. The summed E-state index contributed by atoms with van der Waals surface area (Å²) in [5, 5.41) is 8.96. The number of carbonyl (C=O) groups is 1. The first-order valence-electron chi connectivity index (χ1n) is 5.62. The van der Waals surface area contributed by atoms with Crippen molar-refractivity contribution in [3.05, 3.63) is 47.9 Å². The molecule has 0 saturated carbocycles. The highest BCUT2D eigenvalue weighted by Gasteiger charge is 2.14. The number of hydrogen-bond acceptors (Lipinski definition) is 2. The Bertz CT molecular complexity index is 509. The monoisotopic (exact) mass is 230 g/mol. The molecule has 0 unspecified atom stereocenters. The van der Waals surface area contributed by atoms with Crippen LogP contribution in [-0.4, -0.2) is 11.1 Å². The summed E-state index contributed by atoms with van der Waals surface area (Å²) in [6.07, 6.45) is 3.54. The lowest BCUT2D eigenvalue weighted by Gasteiger charge is -2.02. The largest absolute Gasteiger partial charge is 0.475 e. The maximum atomic E-state index is 10.9. The lowest BCUT2D eigenvalue weighted by molar-refractivity contribution is 0.0663. The van der Waals surface area contributed by atoms with Crippen LogP contribution in [0.3, 0.4) is 0 Å². The number of aryl methyl sites for hydroxylation is 1. The number of carboxylic acid groups (broad SMARTS) is 1. The van der Waals surface area contributed by atoms with Crippen LogP contribution in [0, 0.1) is 0 Å². The van der Waals surface area contributed by atoms with Crippen LogP contribution in [0.15, 0.2) is 41.0 Å². The Morgan fingerprint density at radius 2 is 1.94 bits per heavy atom. The summed E-state index contributed by atoms with van der Waals surface area (Å²) in [7, 11) is 0. The lowest BCUT2D eigenvalue weighted by atomic mass is 10.0. The minimum absolute atomic E-state index is 0.00626. The first kappa shape index (κ1) is 11.5. The SMILES string of the molecule is CCCc1ccc(-c2ccoc2C(=O)O)cc1. The van der Waals surface area contributed by atoms with Crippen molar-refractivity contribution in [2.24, 2.45) is 0 Å². The Balaban J connectivity index is 2.33. The molecule has 0 amide bonds. The minimum atomic E-state index is -1.04. The van der Waals surface area contributed by atoms with E-state index in [4.69, 9.17) is 9.52 Å². The van der Waals surface area contributed by atoms with Crippen molar-refractivity contribution in [1.29, 1.82) is 0 Å². The molecular weight excluding hydrogens is 216 g/mol. The van der Waals surface area contributed by atoms with Gasteiger partial charge in [0.2, 0.25) is 5.76 Å². The van der Waals surface area contributed by atoms with Gasteiger partial charge in [0.15, 0.2) is 0 Å². The van der Waals surface area contributed by atoms with E-state index in [9.17, 15) is 4.79 Å². The molecule has 2 rings (SSSR count). The highest BCUT2D eigenvalue weighted by atomic mass is 16.4. The van der Waals surface area contributed by atoms with Gasteiger partial charge in [-0.3, -0.25) is 0 Å². The van der Waals surface area contributed by atoms with E-state index in [0.717, 1.165) is 18.4 Å². The number of rotatable bonds is 4. The van der Waals surface area contributed by atoms with Crippen molar-refractivity contribution >= 4 is 5.97 Å². The predicted molar refractivity (Wildman–Crippen MR) is 65.1 cm³/mol. The molecule has 1 aromatic carbocycles. The molecule has 0 aliphatic heterocycles. The van der Waals surface area contributed by atoms with E-state index in [2.05, 4.69) is 6.92 Å². The van der Waals surface area contributed by atoms with Crippen LogP contribution in [0.1, 0.15) is 29.5 Å². The molecule has 0 aliphatic carbocycles. The van der Waals surface area contributed by atoms with Gasteiger partial charge < -0.3 is 9.52 Å². The molecule has 17 heavy (non-hydrogen) atoms. The first-order chi connectivity index (χ1) is 8.22. The lowest BCUT2D eigenvalue weighted by Crippen LogP contribution is -1.95. The Morgan fingerprint density at radius 1 is 1.24 bits per heavy atom.